The van der Waals surface area contributed by atoms with Crippen LogP contribution >= 0.6 is 11.6 Å². The summed E-state index contributed by atoms with van der Waals surface area (Å²) in [6.45, 7) is 4.10. The number of aromatic nitrogens is 3. The zero-order chi connectivity index (χ0) is 21.0. The molecule has 1 aromatic carbocycles. The zero-order valence-electron chi connectivity index (χ0n) is 15.9. The van der Waals surface area contributed by atoms with Crippen molar-refractivity contribution in [2.45, 2.75) is 18.7 Å². The van der Waals surface area contributed by atoms with Crippen molar-refractivity contribution in [2.75, 3.05) is 18.4 Å². The molecule has 0 saturated heterocycles. The average molecular weight is 434 g/mol. The number of sulfonamides is 1. The molecule has 0 aliphatic rings. The number of nitrogens with zero attached hydrogens (tertiary/aromatic N) is 4. The lowest BCUT2D eigenvalue weighted by atomic mass is 10.2. The quantitative estimate of drug-likeness (QED) is 0.617. The highest BCUT2D eigenvalue weighted by Gasteiger charge is 2.25. The van der Waals surface area contributed by atoms with Gasteiger partial charge in [-0.15, -0.1) is 0 Å². The van der Waals surface area contributed by atoms with Crippen molar-refractivity contribution < 1.29 is 13.2 Å². The SMILES string of the molecule is CCN(CC)S(=O)(=O)c1cc(C(=O)Nc2ccc(-n3ccnc3)nc2)ccc1Cl. The number of imidazole rings is 1. The second-order valence-corrected chi connectivity index (χ2v) is 8.38. The van der Waals surface area contributed by atoms with Crippen molar-refractivity contribution in [1.29, 1.82) is 0 Å². The van der Waals surface area contributed by atoms with Crippen LogP contribution in [0.25, 0.3) is 5.82 Å². The van der Waals surface area contributed by atoms with E-state index in [-0.39, 0.29) is 15.5 Å². The first kappa shape index (κ1) is 21.0. The highest BCUT2D eigenvalue weighted by atomic mass is 35.5. The van der Waals surface area contributed by atoms with Gasteiger partial charge in [-0.3, -0.25) is 9.36 Å². The molecule has 0 fully saturated rings. The number of anilines is 1. The number of benzene rings is 1. The Kier molecular flexibility index (Phi) is 6.31. The molecule has 10 heteroatoms. The molecule has 8 nitrogen and oxygen atoms in total. The van der Waals surface area contributed by atoms with E-state index in [0.29, 0.717) is 24.6 Å². The number of pyridine rings is 1. The summed E-state index contributed by atoms with van der Waals surface area (Å²) in [5.41, 5.74) is 0.654. The lowest BCUT2D eigenvalue weighted by molar-refractivity contribution is 0.102. The number of nitrogens with one attached hydrogen (secondary N) is 1. The molecule has 0 aliphatic carbocycles. The van der Waals surface area contributed by atoms with Crippen LogP contribution in [0.4, 0.5) is 5.69 Å². The van der Waals surface area contributed by atoms with Gasteiger partial charge in [-0.1, -0.05) is 25.4 Å². The maximum Gasteiger partial charge on any atom is 0.255 e. The summed E-state index contributed by atoms with van der Waals surface area (Å²) in [4.78, 5) is 20.8. The van der Waals surface area contributed by atoms with E-state index in [0.717, 1.165) is 0 Å². The molecular weight excluding hydrogens is 414 g/mol. The third kappa shape index (κ3) is 4.47. The third-order valence-electron chi connectivity index (χ3n) is 4.29. The van der Waals surface area contributed by atoms with E-state index in [1.807, 2.05) is 0 Å². The van der Waals surface area contributed by atoms with Crippen molar-refractivity contribution >= 4 is 33.2 Å². The minimum atomic E-state index is -3.79. The lowest BCUT2D eigenvalue weighted by Crippen LogP contribution is -2.31. The Morgan fingerprint density at radius 3 is 2.55 bits per heavy atom. The standard InChI is InChI=1S/C19H20ClN5O3S/c1-3-25(4-2)29(27,28)17-11-14(5-7-16(17)20)19(26)23-15-6-8-18(22-12-15)24-10-9-21-13-24/h5-13H,3-4H2,1-2H3,(H,23,26). The molecule has 0 unspecified atom stereocenters. The summed E-state index contributed by atoms with van der Waals surface area (Å²) in [5.74, 6) is 0.189. The van der Waals surface area contributed by atoms with Gasteiger partial charge in [0.05, 0.1) is 16.9 Å². The fourth-order valence-corrected chi connectivity index (χ4v) is 4.71. The van der Waals surface area contributed by atoms with Crippen molar-refractivity contribution in [2.24, 2.45) is 0 Å². The van der Waals surface area contributed by atoms with Crippen LogP contribution in [0.3, 0.4) is 0 Å². The highest BCUT2D eigenvalue weighted by molar-refractivity contribution is 7.89. The number of carbonyl (C=O) groups excluding carboxylic acids is 1. The summed E-state index contributed by atoms with van der Waals surface area (Å²) >= 11 is 6.11. The van der Waals surface area contributed by atoms with Gasteiger partial charge in [-0.05, 0) is 30.3 Å². The van der Waals surface area contributed by atoms with Gasteiger partial charge in [-0.2, -0.15) is 4.31 Å². The van der Waals surface area contributed by atoms with Crippen molar-refractivity contribution in [3.63, 3.8) is 0 Å². The minimum Gasteiger partial charge on any atom is -0.321 e. The molecule has 0 saturated carbocycles. The van der Waals surface area contributed by atoms with Crippen LogP contribution in [-0.4, -0.2) is 46.3 Å². The van der Waals surface area contributed by atoms with E-state index < -0.39 is 15.9 Å². The van der Waals surface area contributed by atoms with Gasteiger partial charge in [0.15, 0.2) is 0 Å². The van der Waals surface area contributed by atoms with Crippen LogP contribution in [0, 0.1) is 0 Å². The maximum absolute atomic E-state index is 12.8. The van der Waals surface area contributed by atoms with E-state index in [2.05, 4.69) is 15.3 Å². The maximum atomic E-state index is 12.8. The molecule has 2 aromatic heterocycles. The summed E-state index contributed by atoms with van der Waals surface area (Å²) in [5, 5.41) is 2.78. The van der Waals surface area contributed by atoms with Crippen molar-refractivity contribution in [3.8, 4) is 5.82 Å². The van der Waals surface area contributed by atoms with Gasteiger partial charge in [0, 0.05) is 31.0 Å². The fraction of sp³-hybridized carbons (Fsp3) is 0.211. The molecule has 3 aromatic rings. The van der Waals surface area contributed by atoms with Gasteiger partial charge in [0.1, 0.15) is 17.0 Å². The van der Waals surface area contributed by atoms with E-state index in [1.54, 1.807) is 49.3 Å². The number of hydrogen-bond donors (Lipinski definition) is 1. The number of halogens is 1. The number of rotatable bonds is 7. The smallest absolute Gasteiger partial charge is 0.255 e. The third-order valence-corrected chi connectivity index (χ3v) is 6.82. The minimum absolute atomic E-state index is 0.0693. The van der Waals surface area contributed by atoms with E-state index in [1.165, 1.54) is 28.7 Å². The summed E-state index contributed by atoms with van der Waals surface area (Å²) in [6, 6.07) is 7.61. The number of carbonyl (C=O) groups is 1. The monoisotopic (exact) mass is 433 g/mol. The molecule has 1 amide bonds. The normalized spacial score (nSPS) is 11.6. The predicted octanol–water partition coefficient (Wildman–Crippen LogP) is 3.20. The molecule has 1 N–H and O–H groups in total. The van der Waals surface area contributed by atoms with Crippen molar-refractivity contribution in [1.82, 2.24) is 18.8 Å². The molecule has 0 bridgehead atoms. The molecule has 0 radical (unpaired) electrons. The Bertz CT molecular complexity index is 1100. The van der Waals surface area contributed by atoms with Crippen molar-refractivity contribution in [3.05, 3.63) is 65.8 Å². The Morgan fingerprint density at radius 2 is 1.97 bits per heavy atom. The molecule has 152 valence electrons. The summed E-state index contributed by atoms with van der Waals surface area (Å²) < 4.78 is 28.6. The van der Waals surface area contributed by atoms with Gasteiger partial charge >= 0.3 is 0 Å². The molecule has 3 rings (SSSR count). The molecule has 0 atom stereocenters. The molecule has 29 heavy (non-hydrogen) atoms. The molecule has 0 aliphatic heterocycles. The van der Waals surface area contributed by atoms with Gasteiger partial charge in [0.25, 0.3) is 5.91 Å². The van der Waals surface area contributed by atoms with Crippen LogP contribution in [0.15, 0.2) is 60.1 Å². The van der Waals surface area contributed by atoms with Crippen LogP contribution in [0.2, 0.25) is 5.02 Å². The van der Waals surface area contributed by atoms with E-state index >= 15 is 0 Å². The fourth-order valence-electron chi connectivity index (χ4n) is 2.76. The average Bonchev–Trinajstić information content (AvgIpc) is 3.24. The first-order valence-electron chi connectivity index (χ1n) is 8.92. The Hall–Kier alpha value is -2.75. The predicted molar refractivity (Wildman–Crippen MR) is 111 cm³/mol. The number of amides is 1. The second kappa shape index (κ2) is 8.73. The summed E-state index contributed by atoms with van der Waals surface area (Å²) in [6.07, 6.45) is 6.52. The van der Waals surface area contributed by atoms with E-state index in [4.69, 9.17) is 11.6 Å². The molecule has 0 spiro atoms. The van der Waals surface area contributed by atoms with Crippen LogP contribution in [-0.2, 0) is 10.0 Å². The van der Waals surface area contributed by atoms with Gasteiger partial charge in [0.2, 0.25) is 10.0 Å². The Balaban J connectivity index is 1.83. The van der Waals surface area contributed by atoms with Crippen LogP contribution in [0.5, 0.6) is 0 Å². The van der Waals surface area contributed by atoms with Gasteiger partial charge in [-0.25, -0.2) is 18.4 Å². The second-order valence-electron chi connectivity index (χ2n) is 6.06. The largest absolute Gasteiger partial charge is 0.321 e. The Morgan fingerprint density at radius 1 is 1.21 bits per heavy atom. The van der Waals surface area contributed by atoms with Crippen LogP contribution in [0.1, 0.15) is 24.2 Å². The first-order valence-corrected chi connectivity index (χ1v) is 10.7. The number of hydrogen-bond acceptors (Lipinski definition) is 5. The topological polar surface area (TPSA) is 97.2 Å². The molecule has 2 heterocycles. The Labute approximate surface area is 174 Å². The lowest BCUT2D eigenvalue weighted by Gasteiger charge is -2.19. The highest BCUT2D eigenvalue weighted by Crippen LogP contribution is 2.26. The van der Waals surface area contributed by atoms with E-state index in [9.17, 15) is 13.2 Å². The van der Waals surface area contributed by atoms with Crippen LogP contribution < -0.4 is 5.32 Å². The van der Waals surface area contributed by atoms with Gasteiger partial charge < -0.3 is 5.32 Å². The molecular formula is C19H20ClN5O3S. The zero-order valence-corrected chi connectivity index (χ0v) is 17.5. The summed E-state index contributed by atoms with van der Waals surface area (Å²) in [7, 11) is -3.79. The first-order chi connectivity index (χ1) is 13.9.